The Hall–Kier alpha value is -2.19. The van der Waals surface area contributed by atoms with Crippen LogP contribution in [-0.2, 0) is 24.4 Å². The Morgan fingerprint density at radius 2 is 1.82 bits per heavy atom. The predicted molar refractivity (Wildman–Crippen MR) is 104 cm³/mol. The molecule has 8 heteroatoms. The van der Waals surface area contributed by atoms with Gasteiger partial charge in [0.2, 0.25) is 0 Å². The fourth-order valence-corrected chi connectivity index (χ4v) is 4.25. The van der Waals surface area contributed by atoms with E-state index in [-0.39, 0.29) is 17.4 Å². The van der Waals surface area contributed by atoms with Gasteiger partial charge in [-0.1, -0.05) is 23.7 Å². The van der Waals surface area contributed by atoms with Crippen molar-refractivity contribution in [3.05, 3.63) is 68.2 Å². The number of nitro groups is 1. The van der Waals surface area contributed by atoms with E-state index in [9.17, 15) is 10.1 Å². The Kier molecular flexibility index (Phi) is 5.77. The summed E-state index contributed by atoms with van der Waals surface area (Å²) in [7, 11) is 0. The van der Waals surface area contributed by atoms with E-state index < -0.39 is 0 Å². The highest BCUT2D eigenvalue weighted by atomic mass is 35.5. The Morgan fingerprint density at radius 1 is 1.07 bits per heavy atom. The van der Waals surface area contributed by atoms with Crippen molar-refractivity contribution in [2.75, 3.05) is 33.0 Å². The highest BCUT2D eigenvalue weighted by Gasteiger charge is 2.27. The smallest absolute Gasteiger partial charge is 0.270 e. The van der Waals surface area contributed by atoms with E-state index in [4.69, 9.17) is 21.1 Å². The molecule has 0 amide bonds. The van der Waals surface area contributed by atoms with Crippen LogP contribution in [0, 0.1) is 10.1 Å². The summed E-state index contributed by atoms with van der Waals surface area (Å²) in [5, 5.41) is 12.1. The lowest BCUT2D eigenvalue weighted by molar-refractivity contribution is -1.02. The molecule has 2 heterocycles. The molecule has 0 unspecified atom stereocenters. The number of fused-ring (bicyclic) bond motifs is 1. The van der Waals surface area contributed by atoms with Crippen LogP contribution in [0.3, 0.4) is 0 Å². The minimum atomic E-state index is -0.346. The number of piperazine rings is 1. The van der Waals surface area contributed by atoms with Gasteiger partial charge in [-0.2, -0.15) is 0 Å². The third-order valence-corrected chi connectivity index (χ3v) is 5.67. The molecule has 0 atom stereocenters. The zero-order valence-electron chi connectivity index (χ0n) is 15.6. The number of nitrogens with zero attached hydrogens (tertiary/aromatic N) is 1. The summed E-state index contributed by atoms with van der Waals surface area (Å²) in [5.74, 6) is 0.762. The van der Waals surface area contributed by atoms with E-state index in [0.29, 0.717) is 6.61 Å². The first-order valence-electron chi connectivity index (χ1n) is 9.51. The number of nitro benzene ring substituents is 1. The molecular formula is C20H24ClN3O4+2. The summed E-state index contributed by atoms with van der Waals surface area (Å²) in [6.07, 6.45) is 0. The van der Waals surface area contributed by atoms with Crippen LogP contribution in [0.15, 0.2) is 36.4 Å². The second-order valence-corrected chi connectivity index (χ2v) is 7.88. The first-order valence-corrected chi connectivity index (χ1v) is 9.88. The summed E-state index contributed by atoms with van der Waals surface area (Å²) in [4.78, 5) is 13.9. The summed E-state index contributed by atoms with van der Waals surface area (Å²) in [6.45, 7) is 6.41. The quantitative estimate of drug-likeness (QED) is 0.564. The molecule has 1 fully saturated rings. The van der Waals surface area contributed by atoms with Gasteiger partial charge in [-0.3, -0.25) is 10.1 Å². The molecule has 2 aromatic carbocycles. The summed E-state index contributed by atoms with van der Waals surface area (Å²) in [6, 6.07) is 11.3. The molecule has 0 bridgehead atoms. The fourth-order valence-electron chi connectivity index (χ4n) is 4.03. The largest absolute Gasteiger partial charge is 0.467 e. The molecule has 0 aromatic heterocycles. The van der Waals surface area contributed by atoms with E-state index in [1.54, 1.807) is 12.1 Å². The van der Waals surface area contributed by atoms with E-state index >= 15 is 0 Å². The molecule has 148 valence electrons. The summed E-state index contributed by atoms with van der Waals surface area (Å²) < 4.78 is 11.0. The molecule has 0 spiro atoms. The van der Waals surface area contributed by atoms with Crippen LogP contribution in [0.4, 0.5) is 5.69 Å². The van der Waals surface area contributed by atoms with Gasteiger partial charge in [-0.05, 0) is 12.1 Å². The number of ether oxygens (including phenoxy) is 2. The molecule has 0 aliphatic carbocycles. The second-order valence-electron chi connectivity index (χ2n) is 7.44. The number of quaternary nitrogens is 2. The van der Waals surface area contributed by atoms with Crippen LogP contribution in [0.5, 0.6) is 5.75 Å². The topological polar surface area (TPSA) is 70.5 Å². The molecule has 1 saturated heterocycles. The van der Waals surface area contributed by atoms with Crippen molar-refractivity contribution in [2.45, 2.75) is 19.7 Å². The van der Waals surface area contributed by atoms with Gasteiger partial charge in [0, 0.05) is 28.3 Å². The van der Waals surface area contributed by atoms with Crippen molar-refractivity contribution >= 4 is 17.3 Å². The van der Waals surface area contributed by atoms with Gasteiger partial charge in [-0.15, -0.1) is 0 Å². The zero-order valence-corrected chi connectivity index (χ0v) is 16.3. The van der Waals surface area contributed by atoms with E-state index in [2.05, 4.69) is 6.07 Å². The average molecular weight is 406 g/mol. The van der Waals surface area contributed by atoms with Gasteiger partial charge >= 0.3 is 0 Å². The van der Waals surface area contributed by atoms with E-state index in [1.807, 2.05) is 18.2 Å². The van der Waals surface area contributed by atoms with Crippen molar-refractivity contribution in [1.29, 1.82) is 0 Å². The molecule has 28 heavy (non-hydrogen) atoms. The van der Waals surface area contributed by atoms with Gasteiger partial charge in [0.05, 0.1) is 17.1 Å². The number of benzene rings is 2. The number of hydrogen-bond donors (Lipinski definition) is 2. The van der Waals surface area contributed by atoms with Crippen molar-refractivity contribution < 1.29 is 24.2 Å². The molecule has 0 radical (unpaired) electrons. The molecule has 0 saturated carbocycles. The lowest BCUT2D eigenvalue weighted by Gasteiger charge is -2.30. The predicted octanol–water partition coefficient (Wildman–Crippen LogP) is 0.598. The fraction of sp³-hybridized carbons (Fsp3) is 0.400. The lowest BCUT2D eigenvalue weighted by Crippen LogP contribution is -3.27. The molecule has 2 N–H and O–H groups in total. The standard InChI is InChI=1S/C20H22ClN3O4/c21-18-3-1-2-15(8-18)11-22-4-6-23(7-5-22)12-16-9-19(24(25)26)10-17-13-27-14-28-20(16)17/h1-3,8-10H,4-7,11-14H2/p+2. The van der Waals surface area contributed by atoms with Crippen LogP contribution in [0.2, 0.25) is 5.02 Å². The van der Waals surface area contributed by atoms with Crippen LogP contribution in [0.25, 0.3) is 0 Å². The first-order chi connectivity index (χ1) is 13.6. The van der Waals surface area contributed by atoms with Gasteiger partial charge in [0.15, 0.2) is 6.79 Å². The summed E-state index contributed by atoms with van der Waals surface area (Å²) >= 11 is 6.09. The maximum absolute atomic E-state index is 11.3. The highest BCUT2D eigenvalue weighted by Crippen LogP contribution is 2.32. The number of hydrogen-bond acceptors (Lipinski definition) is 4. The first kappa shape index (κ1) is 19.1. The van der Waals surface area contributed by atoms with Crippen molar-refractivity contribution in [3.63, 3.8) is 0 Å². The minimum Gasteiger partial charge on any atom is -0.467 e. The van der Waals surface area contributed by atoms with E-state index in [1.165, 1.54) is 15.4 Å². The second kappa shape index (κ2) is 8.45. The highest BCUT2D eigenvalue weighted by molar-refractivity contribution is 6.30. The molecule has 2 aromatic rings. The lowest BCUT2D eigenvalue weighted by atomic mass is 10.1. The maximum Gasteiger partial charge on any atom is 0.270 e. The summed E-state index contributed by atoms with van der Waals surface area (Å²) in [5.41, 5.74) is 3.03. The van der Waals surface area contributed by atoms with Crippen LogP contribution in [-0.4, -0.2) is 37.9 Å². The Labute approximate surface area is 168 Å². The van der Waals surface area contributed by atoms with Gasteiger partial charge < -0.3 is 19.3 Å². The molecule has 4 rings (SSSR count). The SMILES string of the molecule is O=[N+]([O-])c1cc2c(c(C[NH+]3CC[NH+](Cc4cccc(Cl)c4)CC3)c1)OCOC2. The van der Waals surface area contributed by atoms with Crippen LogP contribution in [0.1, 0.15) is 16.7 Å². The van der Waals surface area contributed by atoms with Crippen LogP contribution >= 0.6 is 11.6 Å². The molecule has 7 nitrogen and oxygen atoms in total. The Bertz CT molecular complexity index is 869. The Morgan fingerprint density at radius 3 is 2.54 bits per heavy atom. The zero-order chi connectivity index (χ0) is 19.5. The van der Waals surface area contributed by atoms with E-state index in [0.717, 1.165) is 61.2 Å². The average Bonchev–Trinajstić information content (AvgIpc) is 2.69. The van der Waals surface area contributed by atoms with Crippen LogP contribution < -0.4 is 14.5 Å². The van der Waals surface area contributed by atoms with Gasteiger partial charge in [-0.25, -0.2) is 0 Å². The van der Waals surface area contributed by atoms with Crippen molar-refractivity contribution in [2.24, 2.45) is 0 Å². The van der Waals surface area contributed by atoms with Crippen molar-refractivity contribution in [3.8, 4) is 5.75 Å². The monoisotopic (exact) mass is 405 g/mol. The minimum absolute atomic E-state index is 0.104. The van der Waals surface area contributed by atoms with Gasteiger partial charge in [0.1, 0.15) is 45.0 Å². The van der Waals surface area contributed by atoms with Gasteiger partial charge in [0.25, 0.3) is 5.69 Å². The third-order valence-electron chi connectivity index (χ3n) is 5.43. The molecule has 2 aliphatic rings. The normalized spacial score (nSPS) is 21.6. The Balaban J connectivity index is 1.41. The third kappa shape index (κ3) is 4.44. The number of rotatable bonds is 5. The molecular weight excluding hydrogens is 382 g/mol. The number of nitrogens with one attached hydrogen (secondary N) is 2. The van der Waals surface area contributed by atoms with Crippen molar-refractivity contribution in [1.82, 2.24) is 0 Å². The number of halogens is 1. The molecule has 2 aliphatic heterocycles. The number of non-ortho nitro benzene ring substituents is 1. The maximum atomic E-state index is 11.3.